The fourth-order valence-corrected chi connectivity index (χ4v) is 3.78. The van der Waals surface area contributed by atoms with Crippen LogP contribution in [0, 0.1) is 16.0 Å². The summed E-state index contributed by atoms with van der Waals surface area (Å²) in [6.07, 6.45) is 4.81. The van der Waals surface area contributed by atoms with Gasteiger partial charge in [-0.3, -0.25) is 10.1 Å². The molecule has 1 aliphatic heterocycles. The fourth-order valence-electron chi connectivity index (χ4n) is 3.78. The summed E-state index contributed by atoms with van der Waals surface area (Å²) in [5, 5.41) is 17.0. The quantitative estimate of drug-likeness (QED) is 0.280. The molecule has 0 spiro atoms. The molecule has 0 unspecified atom stereocenters. The van der Waals surface area contributed by atoms with E-state index in [4.69, 9.17) is 0 Å². The van der Waals surface area contributed by atoms with Gasteiger partial charge in [-0.2, -0.15) is 4.98 Å². The Labute approximate surface area is 203 Å². The molecular weight excluding hydrogens is 448 g/mol. The zero-order valence-corrected chi connectivity index (χ0v) is 19.5. The van der Waals surface area contributed by atoms with Crippen molar-refractivity contribution in [3.05, 3.63) is 71.0 Å². The number of anilines is 4. The average molecular weight is 477 g/mol. The summed E-state index contributed by atoms with van der Waals surface area (Å²) >= 11 is 0. The van der Waals surface area contributed by atoms with E-state index >= 15 is 0 Å². The Hall–Kier alpha value is -4.28. The number of piperidine rings is 1. The number of para-hydroxylation sites is 1. The van der Waals surface area contributed by atoms with Crippen LogP contribution in [-0.2, 0) is 0 Å². The Bertz CT molecular complexity index is 1140. The summed E-state index contributed by atoms with van der Waals surface area (Å²) in [6.45, 7) is 4.63. The lowest BCUT2D eigenvalue weighted by Crippen LogP contribution is -2.45. The van der Waals surface area contributed by atoms with Gasteiger partial charge in [0, 0.05) is 44.5 Å². The smallest absolute Gasteiger partial charge is 0.330 e. The number of carbonyl (C=O) groups excluding carboxylic acids is 1. The number of aromatic nitrogens is 3. The summed E-state index contributed by atoms with van der Waals surface area (Å²) < 4.78 is 0. The van der Waals surface area contributed by atoms with Gasteiger partial charge in [-0.1, -0.05) is 25.1 Å². The number of rotatable bonds is 8. The average Bonchev–Trinajstić information content (AvgIpc) is 2.88. The van der Waals surface area contributed by atoms with E-state index in [1.165, 1.54) is 12.3 Å². The molecule has 11 heteroatoms. The van der Waals surface area contributed by atoms with E-state index < -0.39 is 4.92 Å². The van der Waals surface area contributed by atoms with E-state index in [0.717, 1.165) is 31.6 Å². The molecule has 35 heavy (non-hydrogen) atoms. The van der Waals surface area contributed by atoms with Gasteiger partial charge in [0.25, 0.3) is 5.69 Å². The van der Waals surface area contributed by atoms with Gasteiger partial charge >= 0.3 is 6.03 Å². The van der Waals surface area contributed by atoms with Crippen molar-refractivity contribution >= 4 is 35.0 Å². The Balaban J connectivity index is 1.42. The minimum atomic E-state index is -0.488. The van der Waals surface area contributed by atoms with Crippen LogP contribution in [0.25, 0.3) is 0 Å². The number of hydrogen-bond acceptors (Lipinski definition) is 8. The molecule has 0 atom stereocenters. The maximum Gasteiger partial charge on any atom is 0.330 e. The van der Waals surface area contributed by atoms with Gasteiger partial charge in [0.2, 0.25) is 5.95 Å². The number of nitro groups is 1. The van der Waals surface area contributed by atoms with Crippen molar-refractivity contribution in [3.63, 3.8) is 0 Å². The number of pyridine rings is 1. The molecule has 11 nitrogen and oxygen atoms in total. The zero-order valence-electron chi connectivity index (χ0n) is 19.5. The van der Waals surface area contributed by atoms with Crippen LogP contribution < -0.4 is 15.5 Å². The normalized spacial score (nSPS) is 13.8. The first-order chi connectivity index (χ1) is 17.0. The molecule has 3 heterocycles. The third kappa shape index (κ3) is 6.19. The molecule has 1 fully saturated rings. The van der Waals surface area contributed by atoms with Gasteiger partial charge in [-0.15, -0.1) is 0 Å². The number of benzene rings is 1. The molecule has 1 saturated heterocycles. The summed E-state index contributed by atoms with van der Waals surface area (Å²) in [5.74, 6) is 2.03. The van der Waals surface area contributed by atoms with Crippen LogP contribution in [0.15, 0.2) is 60.9 Å². The lowest BCUT2D eigenvalue weighted by Gasteiger charge is -2.34. The van der Waals surface area contributed by atoms with Gasteiger partial charge in [-0.05, 0) is 37.0 Å². The molecule has 2 N–H and O–H groups in total. The first-order valence-corrected chi connectivity index (χ1v) is 11.6. The van der Waals surface area contributed by atoms with Crippen molar-refractivity contribution in [1.82, 2.24) is 19.9 Å². The second kappa shape index (κ2) is 11.2. The van der Waals surface area contributed by atoms with Crippen LogP contribution in [0.5, 0.6) is 0 Å². The van der Waals surface area contributed by atoms with Crippen molar-refractivity contribution < 1.29 is 9.72 Å². The number of nitrogens with one attached hydrogen (secondary N) is 2. The van der Waals surface area contributed by atoms with E-state index in [1.807, 2.05) is 35.2 Å². The van der Waals surface area contributed by atoms with E-state index in [0.29, 0.717) is 36.6 Å². The molecule has 4 rings (SSSR count). The number of carbonyl (C=O) groups is 1. The van der Waals surface area contributed by atoms with Crippen LogP contribution in [0.1, 0.15) is 19.8 Å². The molecule has 2 amide bonds. The molecule has 0 radical (unpaired) electrons. The van der Waals surface area contributed by atoms with Crippen LogP contribution >= 0.6 is 0 Å². The second-order valence-electron chi connectivity index (χ2n) is 8.37. The van der Waals surface area contributed by atoms with Crippen molar-refractivity contribution in [2.45, 2.75) is 19.8 Å². The molecule has 1 aromatic carbocycles. The standard InChI is InChI=1S/C24H28N8O3/c1-18-10-15-30(16-11-18)24(33)31(19-5-3-2-4-6-19)22-9-12-26-23(29-22)27-14-13-25-21-8-7-20(17-28-21)32(34)35/h2-9,12,17-18H,10-11,13-16H2,1H3,(H,25,28)(H,26,27,29). The summed E-state index contributed by atoms with van der Waals surface area (Å²) in [5.41, 5.74) is 0.683. The summed E-state index contributed by atoms with van der Waals surface area (Å²) in [7, 11) is 0. The number of urea groups is 1. The highest BCUT2D eigenvalue weighted by Crippen LogP contribution is 2.27. The highest BCUT2D eigenvalue weighted by molar-refractivity contribution is 5.98. The van der Waals surface area contributed by atoms with Gasteiger partial charge in [0.15, 0.2) is 0 Å². The number of hydrogen-bond donors (Lipinski definition) is 2. The molecular formula is C24H28N8O3. The summed E-state index contributed by atoms with van der Waals surface area (Å²) in [4.78, 5) is 40.2. The van der Waals surface area contributed by atoms with Crippen LogP contribution in [0.4, 0.5) is 33.8 Å². The highest BCUT2D eigenvalue weighted by atomic mass is 16.6. The van der Waals surface area contributed by atoms with Crippen molar-refractivity contribution in [1.29, 1.82) is 0 Å². The molecule has 1 aliphatic rings. The van der Waals surface area contributed by atoms with Crippen LogP contribution in [0.2, 0.25) is 0 Å². The minimum Gasteiger partial charge on any atom is -0.368 e. The predicted molar refractivity (Wildman–Crippen MR) is 134 cm³/mol. The third-order valence-electron chi connectivity index (χ3n) is 5.80. The minimum absolute atomic E-state index is 0.0597. The fraction of sp³-hybridized carbons (Fsp3) is 0.333. The number of nitrogens with zero attached hydrogens (tertiary/aromatic N) is 6. The zero-order chi connectivity index (χ0) is 24.6. The molecule has 0 bridgehead atoms. The van der Waals surface area contributed by atoms with Gasteiger partial charge in [0.05, 0.1) is 10.6 Å². The predicted octanol–water partition coefficient (Wildman–Crippen LogP) is 4.29. The number of amides is 2. The van der Waals surface area contributed by atoms with Crippen LogP contribution in [-0.4, -0.2) is 57.0 Å². The SMILES string of the molecule is CC1CCN(C(=O)N(c2ccccc2)c2ccnc(NCCNc3ccc([N+](=O)[O-])cn3)n2)CC1. The maximum absolute atomic E-state index is 13.5. The van der Waals surface area contributed by atoms with Gasteiger partial charge < -0.3 is 15.5 Å². The van der Waals surface area contributed by atoms with E-state index in [1.54, 1.807) is 23.2 Å². The van der Waals surface area contributed by atoms with E-state index in [9.17, 15) is 14.9 Å². The molecule has 2 aromatic heterocycles. The lowest BCUT2D eigenvalue weighted by atomic mass is 9.99. The Morgan fingerprint density at radius 3 is 2.51 bits per heavy atom. The molecule has 3 aromatic rings. The molecule has 0 aliphatic carbocycles. The monoisotopic (exact) mass is 476 g/mol. The highest BCUT2D eigenvalue weighted by Gasteiger charge is 2.28. The van der Waals surface area contributed by atoms with Gasteiger partial charge in [-0.25, -0.2) is 19.7 Å². The summed E-state index contributed by atoms with van der Waals surface area (Å²) in [6, 6.07) is 14.1. The third-order valence-corrected chi connectivity index (χ3v) is 5.80. The van der Waals surface area contributed by atoms with E-state index in [-0.39, 0.29) is 11.7 Å². The Morgan fingerprint density at radius 1 is 1.09 bits per heavy atom. The van der Waals surface area contributed by atoms with Crippen LogP contribution in [0.3, 0.4) is 0 Å². The molecule has 0 saturated carbocycles. The lowest BCUT2D eigenvalue weighted by molar-refractivity contribution is -0.385. The van der Waals surface area contributed by atoms with Crippen molar-refractivity contribution in [3.8, 4) is 0 Å². The first-order valence-electron chi connectivity index (χ1n) is 11.6. The topological polar surface area (TPSA) is 129 Å². The van der Waals surface area contributed by atoms with Crippen molar-refractivity contribution in [2.75, 3.05) is 41.7 Å². The Kier molecular flexibility index (Phi) is 7.66. The second-order valence-corrected chi connectivity index (χ2v) is 8.37. The maximum atomic E-state index is 13.5. The number of likely N-dealkylation sites (tertiary alicyclic amines) is 1. The first kappa shape index (κ1) is 23.9. The largest absolute Gasteiger partial charge is 0.368 e. The van der Waals surface area contributed by atoms with Crippen molar-refractivity contribution in [2.24, 2.45) is 5.92 Å². The van der Waals surface area contributed by atoms with E-state index in [2.05, 4.69) is 32.5 Å². The van der Waals surface area contributed by atoms with Gasteiger partial charge in [0.1, 0.15) is 17.8 Å². The molecule has 182 valence electrons. The Morgan fingerprint density at radius 2 is 1.83 bits per heavy atom.